The number of hydrogen-bond donors (Lipinski definition) is 1. The molecule has 0 aliphatic heterocycles. The SMILES string of the molecule is CNCCN(C)C(=O)c1cccc(S(=O)(=O)Cc2ccccc2)c1.Cl. The van der Waals surface area contributed by atoms with Crippen molar-refractivity contribution >= 4 is 28.2 Å². The van der Waals surface area contributed by atoms with Crippen molar-refractivity contribution in [3.8, 4) is 0 Å². The van der Waals surface area contributed by atoms with Gasteiger partial charge >= 0.3 is 0 Å². The summed E-state index contributed by atoms with van der Waals surface area (Å²) in [5, 5.41) is 2.98. The monoisotopic (exact) mass is 382 g/mol. The molecule has 0 aliphatic rings. The lowest BCUT2D eigenvalue weighted by Crippen LogP contribution is -2.32. The molecule has 0 spiro atoms. The van der Waals surface area contributed by atoms with Gasteiger partial charge in [0.2, 0.25) is 0 Å². The van der Waals surface area contributed by atoms with Gasteiger partial charge < -0.3 is 10.2 Å². The predicted molar refractivity (Wildman–Crippen MR) is 102 cm³/mol. The number of rotatable bonds is 7. The Morgan fingerprint density at radius 2 is 1.76 bits per heavy atom. The van der Waals surface area contributed by atoms with Gasteiger partial charge in [-0.25, -0.2) is 8.42 Å². The van der Waals surface area contributed by atoms with Gasteiger partial charge in [0.15, 0.2) is 9.84 Å². The number of nitrogens with zero attached hydrogens (tertiary/aromatic N) is 1. The lowest BCUT2D eigenvalue weighted by Gasteiger charge is -2.17. The first-order valence-electron chi connectivity index (χ1n) is 7.71. The molecule has 2 rings (SSSR count). The first-order valence-corrected chi connectivity index (χ1v) is 9.36. The van der Waals surface area contributed by atoms with Crippen LogP contribution in [0.4, 0.5) is 0 Å². The molecular formula is C18H23ClN2O3S. The number of carbonyl (C=O) groups excluding carboxylic acids is 1. The van der Waals surface area contributed by atoms with E-state index in [1.807, 2.05) is 25.2 Å². The van der Waals surface area contributed by atoms with E-state index in [0.29, 0.717) is 18.7 Å². The first-order chi connectivity index (χ1) is 11.4. The number of hydrogen-bond acceptors (Lipinski definition) is 4. The molecule has 1 amide bonds. The van der Waals surface area contributed by atoms with Crippen molar-refractivity contribution in [2.45, 2.75) is 10.6 Å². The number of amides is 1. The summed E-state index contributed by atoms with van der Waals surface area (Å²) in [6.07, 6.45) is 0. The molecule has 0 saturated carbocycles. The third kappa shape index (κ3) is 5.85. The van der Waals surface area contributed by atoms with Crippen LogP contribution < -0.4 is 5.32 Å². The zero-order valence-electron chi connectivity index (χ0n) is 14.3. The van der Waals surface area contributed by atoms with E-state index in [-0.39, 0.29) is 29.0 Å². The van der Waals surface area contributed by atoms with E-state index in [2.05, 4.69) is 5.32 Å². The molecule has 1 N–H and O–H groups in total. The van der Waals surface area contributed by atoms with E-state index in [1.54, 1.807) is 36.2 Å². The fourth-order valence-electron chi connectivity index (χ4n) is 2.30. The largest absolute Gasteiger partial charge is 0.340 e. The summed E-state index contributed by atoms with van der Waals surface area (Å²) in [6, 6.07) is 15.2. The van der Waals surface area contributed by atoms with Crippen LogP contribution in [0.15, 0.2) is 59.5 Å². The van der Waals surface area contributed by atoms with Crippen molar-refractivity contribution in [3.63, 3.8) is 0 Å². The van der Waals surface area contributed by atoms with Gasteiger partial charge in [-0.15, -0.1) is 12.4 Å². The Hall–Kier alpha value is -1.89. The van der Waals surface area contributed by atoms with Gasteiger partial charge in [-0.1, -0.05) is 36.4 Å². The Bertz CT molecular complexity index is 795. The number of sulfone groups is 1. The third-order valence-electron chi connectivity index (χ3n) is 3.68. The Morgan fingerprint density at radius 1 is 1.08 bits per heavy atom. The van der Waals surface area contributed by atoms with Gasteiger partial charge in [0.25, 0.3) is 5.91 Å². The van der Waals surface area contributed by atoms with Crippen molar-refractivity contribution in [2.75, 3.05) is 27.2 Å². The number of likely N-dealkylation sites (N-methyl/N-ethyl adjacent to an activating group) is 2. The van der Waals surface area contributed by atoms with Crippen molar-refractivity contribution in [3.05, 3.63) is 65.7 Å². The highest BCUT2D eigenvalue weighted by molar-refractivity contribution is 7.90. The summed E-state index contributed by atoms with van der Waals surface area (Å²) in [5.74, 6) is -0.275. The van der Waals surface area contributed by atoms with Gasteiger partial charge in [0.05, 0.1) is 10.6 Å². The van der Waals surface area contributed by atoms with Crippen molar-refractivity contribution in [1.82, 2.24) is 10.2 Å². The summed E-state index contributed by atoms with van der Waals surface area (Å²) in [7, 11) is 0.0187. The van der Waals surface area contributed by atoms with Crippen LogP contribution in [0, 0.1) is 0 Å². The van der Waals surface area contributed by atoms with E-state index in [9.17, 15) is 13.2 Å². The highest BCUT2D eigenvalue weighted by Crippen LogP contribution is 2.18. The maximum absolute atomic E-state index is 12.6. The molecule has 0 fully saturated rings. The van der Waals surface area contributed by atoms with Crippen LogP contribution in [-0.2, 0) is 15.6 Å². The highest BCUT2D eigenvalue weighted by Gasteiger charge is 2.18. The highest BCUT2D eigenvalue weighted by atomic mass is 35.5. The molecule has 0 saturated heterocycles. The molecule has 0 aromatic heterocycles. The average Bonchev–Trinajstić information content (AvgIpc) is 2.59. The van der Waals surface area contributed by atoms with Gasteiger partial charge in [-0.2, -0.15) is 0 Å². The summed E-state index contributed by atoms with van der Waals surface area (Å²) < 4.78 is 25.2. The fourth-order valence-corrected chi connectivity index (χ4v) is 3.69. The molecule has 2 aromatic rings. The van der Waals surface area contributed by atoms with E-state index in [0.717, 1.165) is 5.56 Å². The molecule has 0 radical (unpaired) electrons. The molecule has 0 atom stereocenters. The lowest BCUT2D eigenvalue weighted by molar-refractivity contribution is 0.0796. The number of benzene rings is 2. The smallest absolute Gasteiger partial charge is 0.253 e. The van der Waals surface area contributed by atoms with Crippen molar-refractivity contribution in [1.29, 1.82) is 0 Å². The molecule has 0 aliphatic carbocycles. The summed E-state index contributed by atoms with van der Waals surface area (Å²) >= 11 is 0. The molecule has 5 nitrogen and oxygen atoms in total. The number of halogens is 1. The van der Waals surface area contributed by atoms with Crippen LogP contribution >= 0.6 is 12.4 Å². The predicted octanol–water partition coefficient (Wildman–Crippen LogP) is 2.37. The normalized spacial score (nSPS) is 10.8. The quantitative estimate of drug-likeness (QED) is 0.798. The van der Waals surface area contributed by atoms with E-state index >= 15 is 0 Å². The van der Waals surface area contributed by atoms with Crippen LogP contribution in [0.25, 0.3) is 0 Å². The summed E-state index contributed by atoms with van der Waals surface area (Å²) in [4.78, 5) is 14.1. The van der Waals surface area contributed by atoms with Crippen molar-refractivity contribution < 1.29 is 13.2 Å². The minimum atomic E-state index is -3.50. The Labute approximate surface area is 155 Å². The lowest BCUT2D eigenvalue weighted by atomic mass is 10.2. The van der Waals surface area contributed by atoms with Crippen LogP contribution in [0.5, 0.6) is 0 Å². The molecule has 25 heavy (non-hydrogen) atoms. The fraction of sp³-hybridized carbons (Fsp3) is 0.278. The minimum Gasteiger partial charge on any atom is -0.340 e. The Kier molecular flexibility index (Phi) is 8.09. The number of carbonyl (C=O) groups is 1. The zero-order valence-corrected chi connectivity index (χ0v) is 15.9. The van der Waals surface area contributed by atoms with Crippen LogP contribution in [-0.4, -0.2) is 46.4 Å². The maximum Gasteiger partial charge on any atom is 0.253 e. The standard InChI is InChI=1S/C18H22N2O3S.ClH/c1-19-11-12-20(2)18(21)16-9-6-10-17(13-16)24(22,23)14-15-7-4-3-5-8-15;/h3-10,13,19H,11-12,14H2,1-2H3;1H. The number of nitrogens with one attached hydrogen (secondary N) is 1. The van der Waals surface area contributed by atoms with Crippen molar-refractivity contribution in [2.24, 2.45) is 0 Å². The molecule has 0 unspecified atom stereocenters. The Morgan fingerprint density at radius 3 is 2.40 bits per heavy atom. The molecule has 7 heteroatoms. The second-order valence-corrected chi connectivity index (χ2v) is 7.59. The molecule has 0 heterocycles. The molecule has 0 bridgehead atoms. The second-order valence-electron chi connectivity index (χ2n) is 5.60. The third-order valence-corrected chi connectivity index (χ3v) is 5.37. The van der Waals surface area contributed by atoms with Gasteiger partial charge in [-0.05, 0) is 30.8 Å². The topological polar surface area (TPSA) is 66.5 Å². The van der Waals surface area contributed by atoms with Crippen LogP contribution in [0.3, 0.4) is 0 Å². The average molecular weight is 383 g/mol. The van der Waals surface area contributed by atoms with Gasteiger partial charge in [-0.3, -0.25) is 4.79 Å². The van der Waals surface area contributed by atoms with Gasteiger partial charge in [0.1, 0.15) is 0 Å². The summed E-state index contributed by atoms with van der Waals surface area (Å²) in [5.41, 5.74) is 1.10. The molecule has 136 valence electrons. The molecule has 2 aromatic carbocycles. The second kappa shape index (κ2) is 9.56. The van der Waals surface area contributed by atoms with E-state index in [4.69, 9.17) is 0 Å². The van der Waals surface area contributed by atoms with Crippen LogP contribution in [0.1, 0.15) is 15.9 Å². The maximum atomic E-state index is 12.6. The molecular weight excluding hydrogens is 360 g/mol. The Balaban J connectivity index is 0.00000312. The van der Waals surface area contributed by atoms with Crippen LogP contribution in [0.2, 0.25) is 0 Å². The minimum absolute atomic E-state index is 0. The van der Waals surface area contributed by atoms with E-state index < -0.39 is 9.84 Å². The van der Waals surface area contributed by atoms with Gasteiger partial charge in [0, 0.05) is 25.7 Å². The first kappa shape index (κ1) is 21.2. The van der Waals surface area contributed by atoms with E-state index in [1.165, 1.54) is 12.1 Å². The zero-order chi connectivity index (χ0) is 17.6. The summed E-state index contributed by atoms with van der Waals surface area (Å²) in [6.45, 7) is 1.23.